The fourth-order valence-electron chi connectivity index (χ4n) is 2.83. The summed E-state index contributed by atoms with van der Waals surface area (Å²) >= 11 is 0. The van der Waals surface area contributed by atoms with Gasteiger partial charge in [-0.1, -0.05) is 13.8 Å². The molecule has 0 saturated carbocycles. The van der Waals surface area contributed by atoms with Crippen LogP contribution in [0.2, 0.25) is 0 Å². The molecule has 1 aromatic rings. The lowest BCUT2D eigenvalue weighted by atomic mass is 9.86. The van der Waals surface area contributed by atoms with Crippen molar-refractivity contribution < 1.29 is 4.74 Å². The Balaban J connectivity index is 2.32. The first-order valence-corrected chi connectivity index (χ1v) is 7.77. The average Bonchev–Trinajstić information content (AvgIpc) is 2.41. The molecule has 0 spiro atoms. The normalized spacial score (nSPS) is 26.0. The van der Waals surface area contributed by atoms with Crippen LogP contribution in [0, 0.1) is 11.8 Å². The highest BCUT2D eigenvalue weighted by molar-refractivity contribution is 5.39. The van der Waals surface area contributed by atoms with Crippen LogP contribution in [0.4, 0.5) is 11.9 Å². The predicted molar refractivity (Wildman–Crippen MR) is 84.9 cm³/mol. The fraction of sp³-hybridized carbons (Fsp3) is 0.800. The monoisotopic (exact) mass is 293 g/mol. The van der Waals surface area contributed by atoms with Crippen LogP contribution in [0.5, 0.6) is 6.01 Å². The first-order chi connectivity index (χ1) is 9.90. The third kappa shape index (κ3) is 3.74. The molecule has 21 heavy (non-hydrogen) atoms. The summed E-state index contributed by atoms with van der Waals surface area (Å²) in [5.41, 5.74) is 0. The molecule has 1 N–H and O–H groups in total. The molecule has 0 aliphatic carbocycles. The number of ether oxygens (including phenoxy) is 1. The summed E-state index contributed by atoms with van der Waals surface area (Å²) < 4.78 is 5.65. The van der Waals surface area contributed by atoms with Crippen molar-refractivity contribution in [2.75, 3.05) is 23.8 Å². The molecule has 0 amide bonds. The second kappa shape index (κ2) is 6.45. The average molecular weight is 293 g/mol. The summed E-state index contributed by atoms with van der Waals surface area (Å²) in [5, 5.41) is 2.99. The van der Waals surface area contributed by atoms with Gasteiger partial charge in [-0.05, 0) is 39.0 Å². The van der Waals surface area contributed by atoms with Gasteiger partial charge in [0.05, 0.1) is 6.10 Å². The van der Waals surface area contributed by atoms with E-state index in [9.17, 15) is 0 Å². The molecule has 2 heterocycles. The van der Waals surface area contributed by atoms with Gasteiger partial charge in [0.15, 0.2) is 0 Å². The van der Waals surface area contributed by atoms with E-state index in [1.807, 2.05) is 20.9 Å². The van der Waals surface area contributed by atoms with Gasteiger partial charge >= 0.3 is 6.01 Å². The molecule has 3 atom stereocenters. The van der Waals surface area contributed by atoms with Gasteiger partial charge in [0.1, 0.15) is 0 Å². The molecule has 0 bridgehead atoms. The largest absolute Gasteiger partial charge is 0.461 e. The second-order valence-electron chi connectivity index (χ2n) is 6.37. The summed E-state index contributed by atoms with van der Waals surface area (Å²) in [6, 6.07) is 0.803. The van der Waals surface area contributed by atoms with Gasteiger partial charge in [0.25, 0.3) is 0 Å². The van der Waals surface area contributed by atoms with Crippen LogP contribution in [0.15, 0.2) is 0 Å². The molecule has 6 nitrogen and oxygen atoms in total. The molecular formula is C15H27N5O. The molecule has 2 rings (SSSR count). The van der Waals surface area contributed by atoms with Crippen LogP contribution in [0.25, 0.3) is 0 Å². The van der Waals surface area contributed by atoms with Crippen molar-refractivity contribution in [3.63, 3.8) is 0 Å². The predicted octanol–water partition coefficient (Wildman–Crippen LogP) is 2.57. The van der Waals surface area contributed by atoms with E-state index in [1.165, 1.54) is 6.42 Å². The van der Waals surface area contributed by atoms with Crippen molar-refractivity contribution in [1.29, 1.82) is 0 Å². The lowest BCUT2D eigenvalue weighted by molar-refractivity contribution is 0.221. The number of nitrogens with one attached hydrogen (secondary N) is 1. The van der Waals surface area contributed by atoms with E-state index in [-0.39, 0.29) is 6.10 Å². The van der Waals surface area contributed by atoms with Crippen LogP contribution in [-0.4, -0.2) is 40.7 Å². The number of hydrogen-bond acceptors (Lipinski definition) is 6. The van der Waals surface area contributed by atoms with Gasteiger partial charge in [0.2, 0.25) is 11.9 Å². The van der Waals surface area contributed by atoms with Gasteiger partial charge in [-0.3, -0.25) is 0 Å². The molecule has 0 aromatic carbocycles. The summed E-state index contributed by atoms with van der Waals surface area (Å²) in [5.74, 6) is 2.52. The second-order valence-corrected chi connectivity index (χ2v) is 6.37. The van der Waals surface area contributed by atoms with E-state index in [0.29, 0.717) is 35.8 Å². The minimum atomic E-state index is 0.0431. The van der Waals surface area contributed by atoms with Gasteiger partial charge in [-0.15, -0.1) is 0 Å². The zero-order chi connectivity index (χ0) is 15.6. The van der Waals surface area contributed by atoms with Crippen molar-refractivity contribution in [1.82, 2.24) is 15.0 Å². The fourth-order valence-corrected chi connectivity index (χ4v) is 2.83. The Morgan fingerprint density at radius 3 is 2.52 bits per heavy atom. The first-order valence-electron chi connectivity index (χ1n) is 7.77. The Morgan fingerprint density at radius 2 is 1.90 bits per heavy atom. The topological polar surface area (TPSA) is 63.2 Å². The standard InChI is InChI=1S/C15H27N5O/c1-9(2)21-15-18-13(16-6)17-14(19-15)20-8-10(3)7-11(4)12(20)5/h9-12H,7-8H2,1-6H3,(H,16,17,18,19). The van der Waals surface area contributed by atoms with E-state index in [4.69, 9.17) is 4.74 Å². The minimum Gasteiger partial charge on any atom is -0.461 e. The highest BCUT2D eigenvalue weighted by Gasteiger charge is 2.31. The number of anilines is 2. The summed E-state index contributed by atoms with van der Waals surface area (Å²) in [6.07, 6.45) is 1.29. The SMILES string of the molecule is CNc1nc(OC(C)C)nc(N2CC(C)CC(C)C2C)n1. The molecular weight excluding hydrogens is 266 g/mol. The van der Waals surface area contributed by atoms with E-state index in [2.05, 4.69) is 45.9 Å². The highest BCUT2D eigenvalue weighted by atomic mass is 16.5. The zero-order valence-electron chi connectivity index (χ0n) is 13.9. The van der Waals surface area contributed by atoms with Gasteiger partial charge in [0, 0.05) is 19.6 Å². The van der Waals surface area contributed by atoms with E-state index >= 15 is 0 Å². The lowest BCUT2D eigenvalue weighted by Gasteiger charge is -2.41. The highest BCUT2D eigenvalue weighted by Crippen LogP contribution is 2.30. The molecule has 1 aromatic heterocycles. The van der Waals surface area contributed by atoms with Gasteiger partial charge < -0.3 is 15.0 Å². The number of hydrogen-bond donors (Lipinski definition) is 1. The Hall–Kier alpha value is -1.59. The quantitative estimate of drug-likeness (QED) is 0.920. The van der Waals surface area contributed by atoms with E-state index < -0.39 is 0 Å². The van der Waals surface area contributed by atoms with Crippen LogP contribution < -0.4 is 15.0 Å². The summed E-state index contributed by atoms with van der Waals surface area (Å²) in [7, 11) is 1.81. The molecule has 1 aliphatic heterocycles. The molecule has 1 aliphatic rings. The molecule has 6 heteroatoms. The molecule has 1 saturated heterocycles. The van der Waals surface area contributed by atoms with E-state index in [1.54, 1.807) is 0 Å². The van der Waals surface area contributed by atoms with Crippen LogP contribution in [0.1, 0.15) is 41.0 Å². The number of rotatable bonds is 4. The molecule has 3 unspecified atom stereocenters. The van der Waals surface area contributed by atoms with Crippen molar-refractivity contribution in [2.45, 2.75) is 53.2 Å². The number of aromatic nitrogens is 3. The third-order valence-electron chi connectivity index (χ3n) is 4.02. The van der Waals surface area contributed by atoms with Crippen molar-refractivity contribution >= 4 is 11.9 Å². The maximum Gasteiger partial charge on any atom is 0.323 e. The Morgan fingerprint density at radius 1 is 1.19 bits per heavy atom. The smallest absolute Gasteiger partial charge is 0.323 e. The Labute approximate surface area is 127 Å². The van der Waals surface area contributed by atoms with Crippen LogP contribution in [0.3, 0.4) is 0 Å². The summed E-state index contributed by atoms with van der Waals surface area (Å²) in [4.78, 5) is 15.6. The van der Waals surface area contributed by atoms with Gasteiger partial charge in [-0.25, -0.2) is 0 Å². The maximum atomic E-state index is 5.65. The Kier molecular flexibility index (Phi) is 4.85. The lowest BCUT2D eigenvalue weighted by Crippen LogP contribution is -2.46. The first kappa shape index (κ1) is 15.8. The molecule has 118 valence electrons. The minimum absolute atomic E-state index is 0.0431. The molecule has 1 fully saturated rings. The number of piperidine rings is 1. The maximum absolute atomic E-state index is 5.65. The van der Waals surface area contributed by atoms with Crippen molar-refractivity contribution in [3.05, 3.63) is 0 Å². The van der Waals surface area contributed by atoms with Crippen molar-refractivity contribution in [3.8, 4) is 6.01 Å². The zero-order valence-corrected chi connectivity index (χ0v) is 13.9. The number of nitrogens with zero attached hydrogens (tertiary/aromatic N) is 4. The Bertz CT molecular complexity index is 479. The van der Waals surface area contributed by atoms with Crippen LogP contribution >= 0.6 is 0 Å². The third-order valence-corrected chi connectivity index (χ3v) is 4.02. The molecule has 0 radical (unpaired) electrons. The van der Waals surface area contributed by atoms with Gasteiger partial charge in [-0.2, -0.15) is 15.0 Å². The summed E-state index contributed by atoms with van der Waals surface area (Å²) in [6.45, 7) is 11.7. The van der Waals surface area contributed by atoms with E-state index in [0.717, 1.165) is 6.54 Å². The van der Waals surface area contributed by atoms with Crippen LogP contribution in [-0.2, 0) is 0 Å². The van der Waals surface area contributed by atoms with Crippen molar-refractivity contribution in [2.24, 2.45) is 11.8 Å².